The van der Waals surface area contributed by atoms with Gasteiger partial charge in [0.15, 0.2) is 15.9 Å². The van der Waals surface area contributed by atoms with Crippen LogP contribution in [0.25, 0.3) is 6.08 Å². The van der Waals surface area contributed by atoms with Gasteiger partial charge in [-0.15, -0.1) is 11.3 Å². The molecule has 9 heteroatoms. The van der Waals surface area contributed by atoms with Gasteiger partial charge in [-0.25, -0.2) is 18.2 Å². The molecule has 1 amide bonds. The Hall–Kier alpha value is -1.74. The number of carboxylic acid groups (broad SMARTS) is 1. The summed E-state index contributed by atoms with van der Waals surface area (Å²) in [6, 6.07) is -1.40. The Morgan fingerprint density at radius 2 is 2.33 bits per heavy atom. The highest BCUT2D eigenvalue weighted by atomic mass is 32.2. The van der Waals surface area contributed by atoms with E-state index in [9.17, 15) is 23.1 Å². The van der Waals surface area contributed by atoms with Gasteiger partial charge in [-0.1, -0.05) is 6.08 Å². The molecule has 0 bridgehead atoms. The molecule has 0 spiro atoms. The van der Waals surface area contributed by atoms with E-state index in [1.165, 1.54) is 30.4 Å². The number of β-lactam (4-membered cyclic amide) rings is 1. The number of carbonyl (C=O) groups excluding carboxylic acids is 1. The van der Waals surface area contributed by atoms with Crippen LogP contribution in [0.1, 0.15) is 18.4 Å². The van der Waals surface area contributed by atoms with Crippen LogP contribution in [0.4, 0.5) is 0 Å². The highest BCUT2D eigenvalue weighted by Gasteiger charge is 2.68. The molecule has 2 saturated heterocycles. The molecule has 112 valence electrons. The number of fused-ring (bicyclic) bond motifs is 1. The summed E-state index contributed by atoms with van der Waals surface area (Å²) in [6.45, 7) is 1.34. The van der Waals surface area contributed by atoms with Gasteiger partial charge in [0, 0.05) is 11.6 Å². The second-order valence-electron chi connectivity index (χ2n) is 5.13. The average molecular weight is 328 g/mol. The SMILES string of the molecule is C[C@]1(/C=C/c2nccs2)[C@H](C(=O)O)N2C(=O)C[C@H]2S1(=O)=O. The van der Waals surface area contributed by atoms with Crippen molar-refractivity contribution in [2.45, 2.75) is 29.5 Å². The summed E-state index contributed by atoms with van der Waals surface area (Å²) >= 11 is 1.31. The Morgan fingerprint density at radius 1 is 1.62 bits per heavy atom. The zero-order valence-corrected chi connectivity index (χ0v) is 12.6. The fourth-order valence-electron chi connectivity index (χ4n) is 2.80. The van der Waals surface area contributed by atoms with Gasteiger partial charge in [0.1, 0.15) is 15.1 Å². The van der Waals surface area contributed by atoms with Gasteiger partial charge in [0.05, 0.1) is 6.42 Å². The normalized spacial score (nSPS) is 34.0. The van der Waals surface area contributed by atoms with E-state index in [4.69, 9.17) is 0 Å². The predicted molar refractivity (Wildman–Crippen MR) is 75.1 cm³/mol. The Balaban J connectivity index is 2.08. The number of carbonyl (C=O) groups is 2. The van der Waals surface area contributed by atoms with E-state index in [0.29, 0.717) is 5.01 Å². The van der Waals surface area contributed by atoms with Crippen molar-refractivity contribution in [1.82, 2.24) is 9.88 Å². The van der Waals surface area contributed by atoms with Gasteiger partial charge in [0.2, 0.25) is 5.91 Å². The van der Waals surface area contributed by atoms with E-state index >= 15 is 0 Å². The maximum atomic E-state index is 12.6. The third-order valence-electron chi connectivity index (χ3n) is 3.98. The average Bonchev–Trinajstić information content (AvgIpc) is 2.95. The van der Waals surface area contributed by atoms with E-state index in [0.717, 1.165) is 4.90 Å². The number of thiazole rings is 1. The highest BCUT2D eigenvalue weighted by molar-refractivity contribution is 7.94. The molecule has 3 atom stereocenters. The number of amides is 1. The number of hydrogen-bond acceptors (Lipinski definition) is 6. The standard InChI is InChI=1S/C12H12N2O5S2/c1-12(3-2-7-13-4-5-20-7)10(11(16)17)14-8(15)6-9(14)21(12,18)19/h2-5,9-10H,6H2,1H3,(H,16,17)/b3-2+/t9-,10+,12+/m1/s1. The zero-order valence-electron chi connectivity index (χ0n) is 11.0. The molecule has 1 aromatic heterocycles. The molecule has 1 aromatic rings. The molecule has 21 heavy (non-hydrogen) atoms. The Kier molecular flexibility index (Phi) is 2.96. The topological polar surface area (TPSA) is 105 Å². The number of sulfone groups is 1. The third-order valence-corrected chi connectivity index (χ3v) is 7.42. The maximum Gasteiger partial charge on any atom is 0.328 e. The van der Waals surface area contributed by atoms with E-state index < -0.39 is 37.9 Å². The number of hydrogen-bond donors (Lipinski definition) is 1. The molecule has 0 unspecified atom stereocenters. The van der Waals surface area contributed by atoms with Crippen molar-refractivity contribution in [2.75, 3.05) is 0 Å². The number of aromatic nitrogens is 1. The monoisotopic (exact) mass is 328 g/mol. The molecule has 3 rings (SSSR count). The molecular formula is C12H12N2O5S2. The van der Waals surface area contributed by atoms with Crippen molar-refractivity contribution in [3.63, 3.8) is 0 Å². The summed E-state index contributed by atoms with van der Waals surface area (Å²) < 4.78 is 23.5. The summed E-state index contributed by atoms with van der Waals surface area (Å²) in [5.74, 6) is -1.76. The van der Waals surface area contributed by atoms with E-state index in [-0.39, 0.29) is 6.42 Å². The summed E-state index contributed by atoms with van der Waals surface area (Å²) in [5, 5.41) is 10.7. The van der Waals surface area contributed by atoms with Crippen LogP contribution in [0.5, 0.6) is 0 Å². The summed E-state index contributed by atoms with van der Waals surface area (Å²) in [6.07, 6.45) is 4.26. The Labute approximate surface area is 124 Å². The number of carboxylic acids is 1. The van der Waals surface area contributed by atoms with Crippen molar-refractivity contribution in [3.05, 3.63) is 22.7 Å². The molecule has 1 N–H and O–H groups in total. The van der Waals surface area contributed by atoms with Gasteiger partial charge in [-0.05, 0) is 13.0 Å². The first-order chi connectivity index (χ1) is 9.79. The first-order valence-electron chi connectivity index (χ1n) is 6.15. The minimum atomic E-state index is -3.79. The summed E-state index contributed by atoms with van der Waals surface area (Å²) in [5.41, 5.74) is 0. The van der Waals surface area contributed by atoms with Gasteiger partial charge in [-0.3, -0.25) is 4.79 Å². The lowest BCUT2D eigenvalue weighted by Crippen LogP contribution is -2.57. The van der Waals surface area contributed by atoms with Crippen LogP contribution in [0.3, 0.4) is 0 Å². The zero-order chi connectivity index (χ0) is 15.4. The van der Waals surface area contributed by atoms with Crippen LogP contribution < -0.4 is 0 Å². The lowest BCUT2D eigenvalue weighted by atomic mass is 9.96. The molecule has 7 nitrogen and oxygen atoms in total. The number of rotatable bonds is 3. The fourth-order valence-corrected chi connectivity index (χ4v) is 5.60. The second kappa shape index (κ2) is 4.38. The number of nitrogens with zero attached hydrogens (tertiary/aromatic N) is 2. The number of aliphatic carboxylic acids is 1. The second-order valence-corrected chi connectivity index (χ2v) is 8.57. The first kappa shape index (κ1) is 14.2. The highest BCUT2D eigenvalue weighted by Crippen LogP contribution is 2.47. The lowest BCUT2D eigenvalue weighted by Gasteiger charge is -2.35. The summed E-state index contributed by atoms with van der Waals surface area (Å²) in [7, 11) is -3.79. The largest absolute Gasteiger partial charge is 0.480 e. The van der Waals surface area contributed by atoms with Crippen LogP contribution in [0.15, 0.2) is 17.7 Å². The smallest absolute Gasteiger partial charge is 0.328 e. The van der Waals surface area contributed by atoms with Crippen LogP contribution in [0.2, 0.25) is 0 Å². The van der Waals surface area contributed by atoms with Crippen molar-refractivity contribution >= 4 is 39.1 Å². The Morgan fingerprint density at radius 3 is 2.86 bits per heavy atom. The Bertz CT molecular complexity index is 740. The molecule has 3 heterocycles. The van der Waals surface area contributed by atoms with Gasteiger partial charge in [0.25, 0.3) is 0 Å². The van der Waals surface area contributed by atoms with Crippen molar-refractivity contribution in [2.24, 2.45) is 0 Å². The van der Waals surface area contributed by atoms with Crippen LogP contribution in [-0.4, -0.2) is 51.4 Å². The molecule has 0 aromatic carbocycles. The third kappa shape index (κ3) is 1.77. The molecular weight excluding hydrogens is 316 g/mol. The first-order valence-corrected chi connectivity index (χ1v) is 8.58. The van der Waals surface area contributed by atoms with E-state index in [1.807, 2.05) is 0 Å². The minimum Gasteiger partial charge on any atom is -0.480 e. The van der Waals surface area contributed by atoms with Gasteiger partial charge >= 0.3 is 5.97 Å². The van der Waals surface area contributed by atoms with Crippen molar-refractivity contribution < 1.29 is 23.1 Å². The predicted octanol–water partition coefficient (Wildman–Crippen LogP) is 0.355. The van der Waals surface area contributed by atoms with E-state index in [1.54, 1.807) is 11.6 Å². The van der Waals surface area contributed by atoms with Gasteiger partial charge < -0.3 is 10.0 Å². The molecule has 2 fully saturated rings. The van der Waals surface area contributed by atoms with Crippen molar-refractivity contribution in [1.29, 1.82) is 0 Å². The summed E-state index contributed by atoms with van der Waals surface area (Å²) in [4.78, 5) is 28.1. The van der Waals surface area contributed by atoms with Crippen LogP contribution in [0, 0.1) is 0 Å². The van der Waals surface area contributed by atoms with Gasteiger partial charge in [-0.2, -0.15) is 0 Å². The quantitative estimate of drug-likeness (QED) is 0.803. The maximum absolute atomic E-state index is 12.6. The molecule has 2 aliphatic rings. The van der Waals surface area contributed by atoms with Crippen LogP contribution in [-0.2, 0) is 19.4 Å². The minimum absolute atomic E-state index is 0.146. The lowest BCUT2D eigenvalue weighted by molar-refractivity contribution is -0.157. The van der Waals surface area contributed by atoms with Crippen LogP contribution >= 0.6 is 11.3 Å². The fraction of sp³-hybridized carbons (Fsp3) is 0.417. The molecule has 2 aliphatic heterocycles. The molecule has 0 saturated carbocycles. The molecule has 0 radical (unpaired) electrons. The van der Waals surface area contributed by atoms with Crippen molar-refractivity contribution in [3.8, 4) is 0 Å². The van der Waals surface area contributed by atoms with E-state index in [2.05, 4.69) is 4.98 Å². The molecule has 0 aliphatic carbocycles.